The molecule has 1 heterocycles. The van der Waals surface area contributed by atoms with Gasteiger partial charge < -0.3 is 10.8 Å². The molecule has 2 rings (SSSR count). The summed E-state index contributed by atoms with van der Waals surface area (Å²) in [4.78, 5) is 7.49. The quantitative estimate of drug-likeness (QED) is 0.830. The van der Waals surface area contributed by atoms with E-state index in [1.807, 2.05) is 0 Å². The first kappa shape index (κ1) is 15.4. The molecule has 7 heteroatoms. The van der Waals surface area contributed by atoms with Crippen LogP contribution in [0.5, 0.6) is 0 Å². The third kappa shape index (κ3) is 5.69. The molecule has 19 heavy (non-hydrogen) atoms. The van der Waals surface area contributed by atoms with Gasteiger partial charge in [-0.2, -0.15) is 0 Å². The molecule has 0 aliphatic rings. The molecule has 0 spiro atoms. The fourth-order valence-electron chi connectivity index (χ4n) is 1.08. The fraction of sp³-hybridized carbons (Fsp3) is 0.167. The maximum Gasteiger partial charge on any atom is 0.222 e. The molecular formula is C12H12ClF2N3O. The Kier molecular flexibility index (Phi) is 6.27. The van der Waals surface area contributed by atoms with E-state index in [0.29, 0.717) is 5.69 Å². The normalized spacial score (nSPS) is 11.4. The van der Waals surface area contributed by atoms with Crippen molar-refractivity contribution in [2.45, 2.75) is 6.04 Å². The van der Waals surface area contributed by atoms with Gasteiger partial charge in [0.05, 0.1) is 18.3 Å². The van der Waals surface area contributed by atoms with Crippen LogP contribution in [-0.2, 0) is 0 Å². The summed E-state index contributed by atoms with van der Waals surface area (Å²) in [6.45, 7) is -0.145. The van der Waals surface area contributed by atoms with Crippen molar-refractivity contribution in [1.29, 1.82) is 0 Å². The molecule has 4 nitrogen and oxygen atoms in total. The zero-order valence-electron chi connectivity index (χ0n) is 9.80. The van der Waals surface area contributed by atoms with Gasteiger partial charge in [-0.25, -0.2) is 18.7 Å². The lowest BCUT2D eigenvalue weighted by Crippen LogP contribution is -2.16. The van der Waals surface area contributed by atoms with Gasteiger partial charge in [-0.3, -0.25) is 0 Å². The van der Waals surface area contributed by atoms with E-state index in [1.54, 1.807) is 6.07 Å². The van der Waals surface area contributed by atoms with Crippen LogP contribution in [0.2, 0.25) is 5.28 Å². The van der Waals surface area contributed by atoms with Crippen molar-refractivity contribution >= 4 is 11.6 Å². The monoisotopic (exact) mass is 287 g/mol. The molecule has 0 saturated carbocycles. The molecule has 3 N–H and O–H groups in total. The van der Waals surface area contributed by atoms with Gasteiger partial charge >= 0.3 is 0 Å². The maximum absolute atomic E-state index is 11.9. The number of hydrogen-bond acceptors (Lipinski definition) is 4. The van der Waals surface area contributed by atoms with Crippen molar-refractivity contribution in [3.8, 4) is 0 Å². The maximum atomic E-state index is 11.9. The first-order valence-electron chi connectivity index (χ1n) is 5.29. The molecule has 0 bridgehead atoms. The fourth-order valence-corrected chi connectivity index (χ4v) is 1.23. The van der Waals surface area contributed by atoms with Crippen LogP contribution >= 0.6 is 11.6 Å². The highest BCUT2D eigenvalue weighted by atomic mass is 35.5. The molecule has 0 aliphatic heterocycles. The van der Waals surface area contributed by atoms with Crippen molar-refractivity contribution in [1.82, 2.24) is 9.97 Å². The Labute approximate surface area is 113 Å². The first-order valence-corrected chi connectivity index (χ1v) is 5.66. The van der Waals surface area contributed by atoms with Crippen LogP contribution in [0.4, 0.5) is 8.78 Å². The van der Waals surface area contributed by atoms with Crippen LogP contribution in [0.1, 0.15) is 11.7 Å². The number of aromatic nitrogens is 2. The minimum absolute atomic E-state index is 0.145. The number of nitrogens with zero attached hydrogens (tertiary/aromatic N) is 2. The summed E-state index contributed by atoms with van der Waals surface area (Å²) in [5, 5.41) is 8.80. The summed E-state index contributed by atoms with van der Waals surface area (Å²) in [6.07, 6.45) is 1.50. The summed E-state index contributed by atoms with van der Waals surface area (Å²) >= 11 is 5.49. The van der Waals surface area contributed by atoms with Crippen molar-refractivity contribution < 1.29 is 13.9 Å². The average molecular weight is 288 g/mol. The van der Waals surface area contributed by atoms with E-state index in [2.05, 4.69) is 9.97 Å². The minimum Gasteiger partial charge on any atom is -0.394 e. The van der Waals surface area contributed by atoms with Crippen molar-refractivity contribution in [3.05, 3.63) is 59.1 Å². The van der Waals surface area contributed by atoms with Gasteiger partial charge in [0.2, 0.25) is 5.28 Å². The second-order valence-electron chi connectivity index (χ2n) is 3.48. The van der Waals surface area contributed by atoms with Crippen LogP contribution in [0.25, 0.3) is 0 Å². The molecule has 1 atom stereocenters. The van der Waals surface area contributed by atoms with E-state index in [-0.39, 0.29) is 11.9 Å². The second-order valence-corrected chi connectivity index (χ2v) is 3.81. The van der Waals surface area contributed by atoms with Crippen LogP contribution < -0.4 is 5.73 Å². The van der Waals surface area contributed by atoms with E-state index in [9.17, 15) is 8.78 Å². The van der Waals surface area contributed by atoms with Crippen LogP contribution in [0.15, 0.2) is 36.5 Å². The molecular weight excluding hydrogens is 276 g/mol. The van der Waals surface area contributed by atoms with Gasteiger partial charge in [-0.1, -0.05) is 0 Å². The molecule has 0 aliphatic carbocycles. The van der Waals surface area contributed by atoms with E-state index in [4.69, 9.17) is 22.4 Å². The highest BCUT2D eigenvalue weighted by Gasteiger charge is 2.05. The predicted molar refractivity (Wildman–Crippen MR) is 67.4 cm³/mol. The number of rotatable bonds is 2. The van der Waals surface area contributed by atoms with Crippen LogP contribution in [-0.4, -0.2) is 21.7 Å². The van der Waals surface area contributed by atoms with Gasteiger partial charge in [0.1, 0.15) is 11.6 Å². The Hall–Kier alpha value is -1.63. The molecule has 1 aromatic heterocycles. The highest BCUT2D eigenvalue weighted by Crippen LogP contribution is 2.07. The Bertz CT molecular complexity index is 490. The minimum atomic E-state index is -0.476. The van der Waals surface area contributed by atoms with E-state index in [0.717, 1.165) is 24.3 Å². The highest BCUT2D eigenvalue weighted by molar-refractivity contribution is 6.28. The topological polar surface area (TPSA) is 72.0 Å². The van der Waals surface area contributed by atoms with E-state index >= 15 is 0 Å². The summed E-state index contributed by atoms with van der Waals surface area (Å²) in [6, 6.07) is 5.46. The molecule has 1 aromatic carbocycles. The molecule has 0 radical (unpaired) electrons. The molecule has 2 aromatic rings. The summed E-state index contributed by atoms with van der Waals surface area (Å²) < 4.78 is 23.8. The number of aliphatic hydroxyl groups excluding tert-OH is 1. The van der Waals surface area contributed by atoms with Crippen molar-refractivity contribution in [2.24, 2.45) is 5.73 Å². The van der Waals surface area contributed by atoms with E-state index in [1.165, 1.54) is 6.20 Å². The summed E-state index contributed by atoms with van der Waals surface area (Å²) in [7, 11) is 0. The Balaban J connectivity index is 0.000000200. The summed E-state index contributed by atoms with van der Waals surface area (Å²) in [5.74, 6) is -0.821. The Morgan fingerprint density at radius 1 is 1.16 bits per heavy atom. The Morgan fingerprint density at radius 2 is 1.68 bits per heavy atom. The lowest BCUT2D eigenvalue weighted by molar-refractivity contribution is 0.266. The second kappa shape index (κ2) is 7.73. The largest absolute Gasteiger partial charge is 0.394 e. The lowest BCUT2D eigenvalue weighted by Gasteiger charge is -2.05. The van der Waals surface area contributed by atoms with Gasteiger partial charge in [-0.15, -0.1) is 0 Å². The number of nitrogens with two attached hydrogens (primary N) is 1. The molecule has 0 saturated heterocycles. The zero-order chi connectivity index (χ0) is 14.3. The van der Waals surface area contributed by atoms with Gasteiger partial charge in [-0.05, 0) is 41.9 Å². The third-order valence-electron chi connectivity index (χ3n) is 2.03. The molecule has 0 fully saturated rings. The average Bonchev–Trinajstić information content (AvgIpc) is 2.42. The SMILES string of the molecule is Fc1ccc(F)cc1.NC(CO)c1ccnc(Cl)n1. The van der Waals surface area contributed by atoms with Crippen LogP contribution in [0, 0.1) is 11.6 Å². The number of hydrogen-bond donors (Lipinski definition) is 2. The zero-order valence-corrected chi connectivity index (χ0v) is 10.6. The van der Waals surface area contributed by atoms with Gasteiger partial charge in [0, 0.05) is 6.20 Å². The van der Waals surface area contributed by atoms with Crippen molar-refractivity contribution in [3.63, 3.8) is 0 Å². The Morgan fingerprint density at radius 3 is 2.11 bits per heavy atom. The van der Waals surface area contributed by atoms with Gasteiger partial charge in [0.25, 0.3) is 0 Å². The lowest BCUT2D eigenvalue weighted by atomic mass is 10.2. The summed E-state index contributed by atoms with van der Waals surface area (Å²) in [5.41, 5.74) is 6.01. The number of benzene rings is 1. The number of aliphatic hydroxyl groups is 1. The smallest absolute Gasteiger partial charge is 0.222 e. The third-order valence-corrected chi connectivity index (χ3v) is 2.21. The number of halogens is 3. The molecule has 1 unspecified atom stereocenters. The van der Waals surface area contributed by atoms with Gasteiger partial charge in [0.15, 0.2) is 0 Å². The predicted octanol–water partition coefficient (Wildman–Crippen LogP) is 2.09. The van der Waals surface area contributed by atoms with E-state index < -0.39 is 17.7 Å². The van der Waals surface area contributed by atoms with Crippen LogP contribution in [0.3, 0.4) is 0 Å². The molecule has 102 valence electrons. The van der Waals surface area contributed by atoms with Crippen molar-refractivity contribution in [2.75, 3.05) is 6.61 Å². The molecule has 0 amide bonds. The standard InChI is InChI=1S/C6H8ClN3O.C6H4F2/c7-6-9-2-1-5(10-6)4(8)3-11;7-5-1-2-6(8)4-3-5/h1-2,4,11H,3,8H2;1-4H. The first-order chi connectivity index (χ1) is 9.02.